The molecule has 0 bridgehead atoms. The molecule has 2 aromatic rings. The minimum atomic E-state index is -0.242. The maximum Gasteiger partial charge on any atom is 0.326 e. The number of ether oxygens (including phenoxy) is 1. The second kappa shape index (κ2) is 8.61. The number of hydrogen-bond donors (Lipinski definition) is 2. The Balaban J connectivity index is 1.48. The Kier molecular flexibility index (Phi) is 5.67. The molecule has 1 unspecified atom stereocenters. The van der Waals surface area contributed by atoms with E-state index < -0.39 is 0 Å². The first-order valence-corrected chi connectivity index (χ1v) is 11.7. The number of azo groups is 2. The number of anilines is 1. The second-order valence-corrected chi connectivity index (χ2v) is 9.02. The summed E-state index contributed by atoms with van der Waals surface area (Å²) in [6.45, 7) is 3.49. The number of piperidine rings is 1. The number of methoxy groups -OCH3 is 1. The molecule has 0 aromatic carbocycles. The van der Waals surface area contributed by atoms with E-state index in [4.69, 9.17) is 14.8 Å². The molecule has 9 nitrogen and oxygen atoms in total. The van der Waals surface area contributed by atoms with E-state index in [-0.39, 0.29) is 23.7 Å². The lowest BCUT2D eigenvalue weighted by molar-refractivity contribution is -0.554. The lowest BCUT2D eigenvalue weighted by Crippen LogP contribution is -2.36. The lowest BCUT2D eigenvalue weighted by atomic mass is 9.95. The molecule has 4 heterocycles. The minimum absolute atomic E-state index is 0.161. The van der Waals surface area contributed by atoms with Crippen LogP contribution in [0.15, 0.2) is 22.0 Å². The van der Waals surface area contributed by atoms with Crippen molar-refractivity contribution >= 4 is 11.5 Å². The van der Waals surface area contributed by atoms with E-state index in [1.54, 1.807) is 7.11 Å². The zero-order valence-corrected chi connectivity index (χ0v) is 18.8. The van der Waals surface area contributed by atoms with Crippen LogP contribution in [-0.2, 0) is 0 Å². The van der Waals surface area contributed by atoms with Gasteiger partial charge < -0.3 is 19.7 Å². The monoisotopic (exact) mass is 439 g/mol. The first kappa shape index (κ1) is 21.1. The Morgan fingerprint density at radius 2 is 1.88 bits per heavy atom. The third-order valence-corrected chi connectivity index (χ3v) is 6.85. The molecule has 2 aromatic heterocycles. The normalized spacial score (nSPS) is 22.0. The van der Waals surface area contributed by atoms with Crippen molar-refractivity contribution in [3.05, 3.63) is 28.2 Å². The highest BCUT2D eigenvalue weighted by molar-refractivity contribution is 5.65. The molecular formula is C23H31N6O3+. The summed E-state index contributed by atoms with van der Waals surface area (Å²) in [5.41, 5.74) is 1.78. The molecule has 5 rings (SSSR count). The van der Waals surface area contributed by atoms with Crippen molar-refractivity contribution in [2.75, 3.05) is 25.1 Å². The molecule has 9 heteroatoms. The zero-order valence-electron chi connectivity index (χ0n) is 18.8. The maximum absolute atomic E-state index is 13.2. The molecule has 1 saturated heterocycles. The van der Waals surface area contributed by atoms with Crippen LogP contribution in [0.3, 0.4) is 0 Å². The van der Waals surface area contributed by atoms with Gasteiger partial charge in [-0.2, -0.15) is 4.98 Å². The van der Waals surface area contributed by atoms with E-state index in [0.717, 1.165) is 44.6 Å². The molecule has 1 atom stereocenters. The Bertz CT molecular complexity index is 1080. The van der Waals surface area contributed by atoms with Gasteiger partial charge in [0.15, 0.2) is 17.8 Å². The van der Waals surface area contributed by atoms with Gasteiger partial charge in [-0.15, -0.1) is 0 Å². The van der Waals surface area contributed by atoms with E-state index in [0.29, 0.717) is 28.6 Å². The number of fused-ring (bicyclic) bond motifs is 1. The van der Waals surface area contributed by atoms with Crippen LogP contribution in [0.25, 0.3) is 11.4 Å². The molecule has 32 heavy (non-hydrogen) atoms. The highest BCUT2D eigenvalue weighted by Crippen LogP contribution is 2.37. The van der Waals surface area contributed by atoms with Gasteiger partial charge >= 0.3 is 11.2 Å². The van der Waals surface area contributed by atoms with Crippen molar-refractivity contribution in [1.82, 2.24) is 15.0 Å². The number of aromatic nitrogens is 3. The molecule has 170 valence electrons. The lowest BCUT2D eigenvalue weighted by Gasteiger charge is -2.30. The third-order valence-electron chi connectivity index (χ3n) is 6.85. The van der Waals surface area contributed by atoms with Crippen LogP contribution in [0.5, 0.6) is 5.88 Å². The van der Waals surface area contributed by atoms with Gasteiger partial charge in [-0.3, -0.25) is 4.79 Å². The number of hydrogen-bond acceptors (Lipinski definition) is 7. The predicted molar refractivity (Wildman–Crippen MR) is 120 cm³/mol. The minimum Gasteiger partial charge on any atom is -0.480 e. The first-order chi connectivity index (χ1) is 15.5. The highest BCUT2D eigenvalue weighted by atomic mass is 16.5. The van der Waals surface area contributed by atoms with E-state index in [2.05, 4.69) is 14.9 Å². The number of aliphatic hydroxyl groups excluding tert-OH is 1. The summed E-state index contributed by atoms with van der Waals surface area (Å²) in [4.78, 5) is 27.7. The van der Waals surface area contributed by atoms with Crippen LogP contribution in [0.1, 0.15) is 63.6 Å². The largest absolute Gasteiger partial charge is 0.480 e. The number of pyridine rings is 1. The number of aliphatic hydroxyl groups is 1. The SMILES string of the molecule is COc1nc(N2CCC(O)CC2)ccc1-c1nc2c(c(=O)[nH]1)[N+](C1CCCCC1)=NC2C. The number of H-pyrrole nitrogens is 1. The summed E-state index contributed by atoms with van der Waals surface area (Å²) in [6.07, 6.45) is 6.93. The number of aromatic amines is 1. The Hall–Kier alpha value is -2.81. The summed E-state index contributed by atoms with van der Waals surface area (Å²) in [6, 6.07) is 3.93. The van der Waals surface area contributed by atoms with Crippen LogP contribution < -0.4 is 15.2 Å². The fourth-order valence-electron chi connectivity index (χ4n) is 5.06. The van der Waals surface area contributed by atoms with Gasteiger partial charge in [-0.25, -0.2) is 4.98 Å². The summed E-state index contributed by atoms with van der Waals surface area (Å²) < 4.78 is 7.50. The quantitative estimate of drug-likeness (QED) is 0.708. The van der Waals surface area contributed by atoms with Gasteiger partial charge in [-0.1, -0.05) is 11.1 Å². The average molecular weight is 440 g/mol. The molecule has 0 spiro atoms. The summed E-state index contributed by atoms with van der Waals surface area (Å²) in [5, 5.41) is 14.5. The molecule has 0 radical (unpaired) electrons. The Morgan fingerprint density at radius 3 is 2.59 bits per heavy atom. The molecule has 2 aliphatic heterocycles. The first-order valence-electron chi connectivity index (χ1n) is 11.7. The zero-order chi connectivity index (χ0) is 22.2. The van der Waals surface area contributed by atoms with Crippen molar-refractivity contribution in [1.29, 1.82) is 0 Å². The predicted octanol–water partition coefficient (Wildman–Crippen LogP) is 3.31. The molecule has 2 fully saturated rings. The standard InChI is InChI=1S/C23H30N6O3/c1-14-19-20(29(27-14)15-6-4-3-5-7-15)22(31)26-21(25-19)17-8-9-18(24-23(17)32-2)28-12-10-16(30)11-13-28/h8-9,14-16,30H,3-7,10-13H2,1-2H3/p+1. The molecule has 3 aliphatic rings. The van der Waals surface area contributed by atoms with Gasteiger partial charge in [0.25, 0.3) is 0 Å². The van der Waals surface area contributed by atoms with Crippen molar-refractivity contribution in [2.24, 2.45) is 5.11 Å². The van der Waals surface area contributed by atoms with E-state index in [1.165, 1.54) is 19.3 Å². The molecule has 1 aliphatic carbocycles. The smallest absolute Gasteiger partial charge is 0.326 e. The van der Waals surface area contributed by atoms with Crippen LogP contribution in [0.2, 0.25) is 0 Å². The van der Waals surface area contributed by atoms with Gasteiger partial charge in [0.2, 0.25) is 5.88 Å². The second-order valence-electron chi connectivity index (χ2n) is 9.02. The fourth-order valence-corrected chi connectivity index (χ4v) is 5.06. The summed E-state index contributed by atoms with van der Waals surface area (Å²) in [5.74, 6) is 1.67. The van der Waals surface area contributed by atoms with E-state index in [9.17, 15) is 9.90 Å². The number of rotatable bonds is 4. The van der Waals surface area contributed by atoms with Gasteiger partial charge in [0.1, 0.15) is 11.6 Å². The van der Waals surface area contributed by atoms with E-state index >= 15 is 0 Å². The van der Waals surface area contributed by atoms with Gasteiger partial charge in [0.05, 0.1) is 18.8 Å². The summed E-state index contributed by atoms with van der Waals surface area (Å²) >= 11 is 0. The summed E-state index contributed by atoms with van der Waals surface area (Å²) in [7, 11) is 1.57. The van der Waals surface area contributed by atoms with Crippen molar-refractivity contribution in [3.63, 3.8) is 0 Å². The number of nitrogens with one attached hydrogen (secondary N) is 1. The average Bonchev–Trinajstić information content (AvgIpc) is 3.16. The van der Waals surface area contributed by atoms with Crippen LogP contribution in [-0.4, -0.2) is 57.1 Å². The van der Waals surface area contributed by atoms with Crippen LogP contribution >= 0.6 is 0 Å². The third kappa shape index (κ3) is 3.79. The van der Waals surface area contributed by atoms with Crippen LogP contribution in [0, 0.1) is 0 Å². The number of nitrogens with zero attached hydrogens (tertiary/aromatic N) is 5. The molecular weight excluding hydrogens is 408 g/mol. The topological polar surface area (TPSA) is 107 Å². The van der Waals surface area contributed by atoms with Crippen molar-refractivity contribution in [3.8, 4) is 17.3 Å². The molecule has 2 N–H and O–H groups in total. The molecule has 1 saturated carbocycles. The van der Waals surface area contributed by atoms with Crippen molar-refractivity contribution in [2.45, 2.75) is 70.1 Å². The van der Waals surface area contributed by atoms with Gasteiger partial charge in [0, 0.05) is 25.9 Å². The molecule has 0 amide bonds. The Labute approximate surface area is 187 Å². The fraction of sp³-hybridized carbons (Fsp3) is 0.609. The van der Waals surface area contributed by atoms with Crippen LogP contribution in [0.4, 0.5) is 11.5 Å². The maximum atomic E-state index is 13.2. The van der Waals surface area contributed by atoms with Gasteiger partial charge in [-0.05, 0) is 49.9 Å². The Morgan fingerprint density at radius 1 is 1.12 bits per heavy atom. The highest BCUT2D eigenvalue weighted by Gasteiger charge is 2.41. The van der Waals surface area contributed by atoms with E-state index in [1.807, 2.05) is 23.8 Å². The van der Waals surface area contributed by atoms with Crippen molar-refractivity contribution < 1.29 is 14.5 Å².